The molecule has 2 aromatic carbocycles. The highest BCUT2D eigenvalue weighted by molar-refractivity contribution is 7.99. The summed E-state index contributed by atoms with van der Waals surface area (Å²) in [5, 5.41) is 3.19. The van der Waals surface area contributed by atoms with Crippen molar-refractivity contribution in [2.24, 2.45) is 0 Å². The molecule has 184 valence electrons. The molecule has 0 bridgehead atoms. The minimum atomic E-state index is -0.540. The highest BCUT2D eigenvalue weighted by Gasteiger charge is 2.30. The lowest BCUT2D eigenvalue weighted by atomic mass is 9.95. The van der Waals surface area contributed by atoms with Gasteiger partial charge in [-0.2, -0.15) is 0 Å². The van der Waals surface area contributed by atoms with Crippen LogP contribution in [0.5, 0.6) is 0 Å². The second-order valence-corrected chi connectivity index (χ2v) is 10.4. The third-order valence-corrected chi connectivity index (χ3v) is 7.37. The van der Waals surface area contributed by atoms with Crippen molar-refractivity contribution in [2.45, 2.75) is 83.7 Å². The molecular formula is C28H37FN2O2S. The number of thioether (sulfide) groups is 1. The average molecular weight is 485 g/mol. The van der Waals surface area contributed by atoms with Gasteiger partial charge in [0, 0.05) is 18.3 Å². The number of amides is 2. The average Bonchev–Trinajstić information content (AvgIpc) is 2.80. The second-order valence-electron chi connectivity index (χ2n) is 9.40. The minimum absolute atomic E-state index is 0.0654. The standard InChI is InChI=1S/C28H37FN2O2S/c1-4-26(28(33)30-25-8-6-5-7-9-25)31(17-22-10-12-24(29)13-11-22)27(32)19-34-18-23-15-20(2)14-21(3)16-23/h10-16,25-26H,4-9,17-19H2,1-3H3,(H,30,33). The SMILES string of the molecule is CCC(C(=O)NC1CCCCC1)N(Cc1ccc(F)cc1)C(=O)CSCc1cc(C)cc(C)c1. The maximum Gasteiger partial charge on any atom is 0.243 e. The van der Waals surface area contributed by atoms with Gasteiger partial charge in [-0.3, -0.25) is 9.59 Å². The van der Waals surface area contributed by atoms with Crippen LogP contribution in [0.15, 0.2) is 42.5 Å². The van der Waals surface area contributed by atoms with Gasteiger partial charge in [0.15, 0.2) is 0 Å². The van der Waals surface area contributed by atoms with E-state index in [2.05, 4.69) is 37.4 Å². The minimum Gasteiger partial charge on any atom is -0.352 e. The Kier molecular flexibility index (Phi) is 10.00. The number of carbonyl (C=O) groups excluding carboxylic acids is 2. The summed E-state index contributed by atoms with van der Waals surface area (Å²) in [7, 11) is 0. The van der Waals surface area contributed by atoms with Crippen LogP contribution in [0.4, 0.5) is 4.39 Å². The molecule has 0 radical (unpaired) electrons. The van der Waals surface area contributed by atoms with Crippen molar-refractivity contribution in [1.82, 2.24) is 10.2 Å². The molecule has 1 saturated carbocycles. The summed E-state index contributed by atoms with van der Waals surface area (Å²) >= 11 is 1.57. The summed E-state index contributed by atoms with van der Waals surface area (Å²) in [6.45, 7) is 6.39. The van der Waals surface area contributed by atoms with Gasteiger partial charge >= 0.3 is 0 Å². The smallest absolute Gasteiger partial charge is 0.243 e. The van der Waals surface area contributed by atoms with Crippen LogP contribution in [-0.4, -0.2) is 34.6 Å². The number of benzene rings is 2. The Bertz CT molecular complexity index is 937. The van der Waals surface area contributed by atoms with E-state index in [1.165, 1.54) is 35.2 Å². The van der Waals surface area contributed by atoms with Gasteiger partial charge < -0.3 is 10.2 Å². The normalized spacial score (nSPS) is 15.1. The summed E-state index contributed by atoms with van der Waals surface area (Å²) in [5.41, 5.74) is 4.44. The van der Waals surface area contributed by atoms with E-state index in [-0.39, 0.29) is 23.7 Å². The number of rotatable bonds is 10. The molecular weight excluding hydrogens is 447 g/mol. The maximum absolute atomic E-state index is 13.4. The van der Waals surface area contributed by atoms with Gasteiger partial charge in [0.1, 0.15) is 11.9 Å². The quantitative estimate of drug-likeness (QED) is 0.455. The highest BCUT2D eigenvalue weighted by Crippen LogP contribution is 2.21. The molecule has 34 heavy (non-hydrogen) atoms. The Hall–Kier alpha value is -2.34. The molecule has 1 aliphatic carbocycles. The topological polar surface area (TPSA) is 49.4 Å². The predicted molar refractivity (Wildman–Crippen MR) is 138 cm³/mol. The van der Waals surface area contributed by atoms with Gasteiger partial charge in [-0.25, -0.2) is 4.39 Å². The van der Waals surface area contributed by atoms with Gasteiger partial charge in [0.25, 0.3) is 0 Å². The van der Waals surface area contributed by atoms with Crippen LogP contribution in [0.3, 0.4) is 0 Å². The molecule has 3 rings (SSSR count). The first-order chi connectivity index (χ1) is 16.4. The van der Waals surface area contributed by atoms with Crippen molar-refractivity contribution in [3.05, 3.63) is 70.5 Å². The predicted octanol–water partition coefficient (Wildman–Crippen LogP) is 5.93. The number of carbonyl (C=O) groups is 2. The first kappa shape index (κ1) is 26.3. The molecule has 0 heterocycles. The van der Waals surface area contributed by atoms with Crippen molar-refractivity contribution >= 4 is 23.6 Å². The Labute approximate surface area is 207 Å². The number of nitrogens with zero attached hydrogens (tertiary/aromatic N) is 1. The summed E-state index contributed by atoms with van der Waals surface area (Å²) in [6.07, 6.45) is 6.02. The van der Waals surface area contributed by atoms with Crippen LogP contribution in [0.25, 0.3) is 0 Å². The molecule has 1 atom stereocenters. The third kappa shape index (κ3) is 7.86. The highest BCUT2D eigenvalue weighted by atomic mass is 32.2. The van der Waals surface area contributed by atoms with E-state index in [0.29, 0.717) is 18.7 Å². The number of hydrogen-bond acceptors (Lipinski definition) is 3. The monoisotopic (exact) mass is 484 g/mol. The van der Waals surface area contributed by atoms with E-state index in [1.54, 1.807) is 28.8 Å². The first-order valence-electron chi connectivity index (χ1n) is 12.3. The molecule has 1 aliphatic rings. The van der Waals surface area contributed by atoms with Crippen LogP contribution in [0.2, 0.25) is 0 Å². The van der Waals surface area contributed by atoms with Crippen LogP contribution in [0.1, 0.15) is 67.7 Å². The van der Waals surface area contributed by atoms with E-state index in [9.17, 15) is 14.0 Å². The van der Waals surface area contributed by atoms with Crippen LogP contribution < -0.4 is 5.32 Å². The maximum atomic E-state index is 13.4. The zero-order chi connectivity index (χ0) is 24.5. The Morgan fingerprint density at radius 3 is 2.29 bits per heavy atom. The van der Waals surface area contributed by atoms with Crippen molar-refractivity contribution in [3.63, 3.8) is 0 Å². The summed E-state index contributed by atoms with van der Waals surface area (Å²) < 4.78 is 13.4. The van der Waals surface area contributed by atoms with Gasteiger partial charge in [-0.15, -0.1) is 11.8 Å². The zero-order valence-electron chi connectivity index (χ0n) is 20.6. The van der Waals surface area contributed by atoms with E-state index >= 15 is 0 Å². The van der Waals surface area contributed by atoms with Gasteiger partial charge in [0.05, 0.1) is 5.75 Å². The lowest BCUT2D eigenvalue weighted by Gasteiger charge is -2.32. The number of nitrogens with one attached hydrogen (secondary N) is 1. The van der Waals surface area contributed by atoms with E-state index in [4.69, 9.17) is 0 Å². The first-order valence-corrected chi connectivity index (χ1v) is 13.5. The molecule has 1 fully saturated rings. The Morgan fingerprint density at radius 2 is 1.68 bits per heavy atom. The molecule has 0 saturated heterocycles. The Morgan fingerprint density at radius 1 is 1.03 bits per heavy atom. The van der Waals surface area contributed by atoms with Crippen molar-refractivity contribution in [1.29, 1.82) is 0 Å². The lowest BCUT2D eigenvalue weighted by Crippen LogP contribution is -2.52. The molecule has 2 aromatic rings. The van der Waals surface area contributed by atoms with Gasteiger partial charge in [-0.05, 0) is 56.4 Å². The van der Waals surface area contributed by atoms with Crippen molar-refractivity contribution < 1.29 is 14.0 Å². The number of aryl methyl sites for hydroxylation is 2. The fourth-order valence-electron chi connectivity index (χ4n) is 4.74. The Balaban J connectivity index is 1.70. The molecule has 2 amide bonds. The van der Waals surface area contributed by atoms with Crippen molar-refractivity contribution in [3.8, 4) is 0 Å². The summed E-state index contributed by atoms with van der Waals surface area (Å²) in [4.78, 5) is 28.3. The fraction of sp³-hybridized carbons (Fsp3) is 0.500. The van der Waals surface area contributed by atoms with Crippen LogP contribution >= 0.6 is 11.8 Å². The third-order valence-electron chi connectivity index (χ3n) is 6.38. The number of halogens is 1. The van der Waals surface area contributed by atoms with E-state index in [1.807, 2.05) is 6.92 Å². The largest absolute Gasteiger partial charge is 0.352 e. The van der Waals surface area contributed by atoms with Gasteiger partial charge in [0.2, 0.25) is 11.8 Å². The van der Waals surface area contributed by atoms with Crippen LogP contribution in [0, 0.1) is 19.7 Å². The zero-order valence-corrected chi connectivity index (χ0v) is 21.4. The molecule has 1 unspecified atom stereocenters. The van der Waals surface area contributed by atoms with Crippen LogP contribution in [-0.2, 0) is 21.9 Å². The molecule has 1 N–H and O–H groups in total. The second kappa shape index (κ2) is 12.9. The summed E-state index contributed by atoms with van der Waals surface area (Å²) in [6, 6.07) is 12.2. The van der Waals surface area contributed by atoms with Crippen molar-refractivity contribution in [2.75, 3.05) is 5.75 Å². The van der Waals surface area contributed by atoms with E-state index in [0.717, 1.165) is 37.0 Å². The summed E-state index contributed by atoms with van der Waals surface area (Å²) in [5.74, 6) is 0.576. The lowest BCUT2D eigenvalue weighted by molar-refractivity contribution is -0.139. The molecule has 0 aromatic heterocycles. The molecule has 4 nitrogen and oxygen atoms in total. The van der Waals surface area contributed by atoms with E-state index < -0.39 is 6.04 Å². The molecule has 6 heteroatoms. The molecule has 0 spiro atoms. The number of hydrogen-bond donors (Lipinski definition) is 1. The fourth-order valence-corrected chi connectivity index (χ4v) is 5.59. The molecule has 0 aliphatic heterocycles. The van der Waals surface area contributed by atoms with Gasteiger partial charge in [-0.1, -0.05) is 67.6 Å².